The number of carbonyl (C=O) groups excluding carboxylic acids is 1. The summed E-state index contributed by atoms with van der Waals surface area (Å²) in [5, 5.41) is 11.7. The fourth-order valence-corrected chi connectivity index (χ4v) is 2.35. The summed E-state index contributed by atoms with van der Waals surface area (Å²) in [4.78, 5) is 11.7. The predicted octanol–water partition coefficient (Wildman–Crippen LogP) is 1.08. The first-order valence-electron chi connectivity index (χ1n) is 5.46. The van der Waals surface area contributed by atoms with E-state index in [-0.39, 0.29) is 23.7 Å². The maximum atomic E-state index is 11.7. The number of amides is 1. The Morgan fingerprint density at radius 2 is 2.53 bits per heavy atom. The Morgan fingerprint density at radius 1 is 1.71 bits per heavy atom. The van der Waals surface area contributed by atoms with E-state index in [2.05, 4.69) is 27.1 Å². The number of hydrogen-bond acceptors (Lipinski definition) is 5. The molecule has 1 amide bonds. The van der Waals surface area contributed by atoms with E-state index in [0.29, 0.717) is 12.2 Å². The SMILES string of the molecule is CC1(CNC(=O)c2csnn2)CCCNC1.Cl. The molecule has 1 aromatic heterocycles. The molecule has 1 aliphatic rings. The van der Waals surface area contributed by atoms with Crippen LogP contribution in [0.3, 0.4) is 0 Å². The minimum atomic E-state index is -0.124. The number of nitrogens with zero attached hydrogens (tertiary/aromatic N) is 2. The Kier molecular flexibility index (Phi) is 5.30. The third-order valence-corrected chi connectivity index (χ3v) is 3.46. The quantitative estimate of drug-likeness (QED) is 0.867. The van der Waals surface area contributed by atoms with E-state index in [1.54, 1.807) is 5.38 Å². The Bertz CT molecular complexity index is 351. The number of nitrogens with one attached hydrogen (secondary N) is 2. The van der Waals surface area contributed by atoms with E-state index < -0.39 is 0 Å². The van der Waals surface area contributed by atoms with Gasteiger partial charge in [-0.2, -0.15) is 0 Å². The zero-order valence-corrected chi connectivity index (χ0v) is 11.4. The third kappa shape index (κ3) is 3.90. The van der Waals surface area contributed by atoms with Crippen molar-refractivity contribution < 1.29 is 4.79 Å². The first-order valence-corrected chi connectivity index (χ1v) is 6.29. The average Bonchev–Trinajstić information content (AvgIpc) is 2.80. The van der Waals surface area contributed by atoms with Gasteiger partial charge in [0.05, 0.1) is 0 Å². The molecule has 2 N–H and O–H groups in total. The highest BCUT2D eigenvalue weighted by Gasteiger charge is 2.27. The van der Waals surface area contributed by atoms with E-state index in [1.807, 2.05) is 0 Å². The van der Waals surface area contributed by atoms with Gasteiger partial charge in [-0.25, -0.2) is 0 Å². The Labute approximate surface area is 111 Å². The molecule has 1 aliphatic heterocycles. The molecule has 1 aromatic rings. The van der Waals surface area contributed by atoms with Gasteiger partial charge in [0, 0.05) is 18.5 Å². The van der Waals surface area contributed by atoms with E-state index in [1.165, 1.54) is 18.0 Å². The highest BCUT2D eigenvalue weighted by molar-refractivity contribution is 7.03. The molecule has 5 nitrogen and oxygen atoms in total. The van der Waals surface area contributed by atoms with Crippen LogP contribution in [-0.2, 0) is 0 Å². The van der Waals surface area contributed by atoms with Gasteiger partial charge in [-0.3, -0.25) is 4.79 Å². The molecule has 1 fully saturated rings. The van der Waals surface area contributed by atoms with Crippen molar-refractivity contribution in [3.05, 3.63) is 11.1 Å². The Balaban J connectivity index is 0.00000144. The van der Waals surface area contributed by atoms with Crippen molar-refractivity contribution >= 4 is 29.8 Å². The summed E-state index contributed by atoms with van der Waals surface area (Å²) in [5.74, 6) is -0.124. The molecule has 0 aromatic carbocycles. The largest absolute Gasteiger partial charge is 0.350 e. The second-order valence-corrected chi connectivity index (χ2v) is 5.17. The van der Waals surface area contributed by atoms with Crippen molar-refractivity contribution in [2.75, 3.05) is 19.6 Å². The van der Waals surface area contributed by atoms with Crippen molar-refractivity contribution in [2.24, 2.45) is 5.41 Å². The molecular weight excluding hydrogens is 260 g/mol. The van der Waals surface area contributed by atoms with E-state index >= 15 is 0 Å². The van der Waals surface area contributed by atoms with Gasteiger partial charge in [-0.05, 0) is 36.3 Å². The fraction of sp³-hybridized carbons (Fsp3) is 0.700. The van der Waals surface area contributed by atoms with Crippen LogP contribution in [0, 0.1) is 5.41 Å². The molecule has 1 saturated heterocycles. The van der Waals surface area contributed by atoms with Crippen molar-refractivity contribution in [3.8, 4) is 0 Å². The predicted molar refractivity (Wildman–Crippen MR) is 69.7 cm³/mol. The molecular formula is C10H17ClN4OS. The van der Waals surface area contributed by atoms with Crippen LogP contribution in [0.2, 0.25) is 0 Å². The average molecular weight is 277 g/mol. The van der Waals surface area contributed by atoms with Crippen LogP contribution >= 0.6 is 23.9 Å². The Morgan fingerprint density at radius 3 is 3.12 bits per heavy atom. The molecule has 0 aliphatic carbocycles. The fourth-order valence-electron chi connectivity index (χ4n) is 1.92. The highest BCUT2D eigenvalue weighted by Crippen LogP contribution is 2.24. The van der Waals surface area contributed by atoms with Gasteiger partial charge in [0.1, 0.15) is 0 Å². The summed E-state index contributed by atoms with van der Waals surface area (Å²) in [6, 6.07) is 0. The maximum absolute atomic E-state index is 11.7. The van der Waals surface area contributed by atoms with Gasteiger partial charge < -0.3 is 10.6 Å². The van der Waals surface area contributed by atoms with Gasteiger partial charge in [-0.1, -0.05) is 11.4 Å². The molecule has 96 valence electrons. The molecule has 1 atom stereocenters. The summed E-state index contributed by atoms with van der Waals surface area (Å²) in [7, 11) is 0. The molecule has 7 heteroatoms. The summed E-state index contributed by atoms with van der Waals surface area (Å²) in [5.41, 5.74) is 0.578. The lowest BCUT2D eigenvalue weighted by molar-refractivity contribution is 0.0919. The number of halogens is 1. The van der Waals surface area contributed by atoms with Crippen LogP contribution in [0.25, 0.3) is 0 Å². The number of piperidine rings is 1. The van der Waals surface area contributed by atoms with E-state index in [0.717, 1.165) is 19.5 Å². The number of hydrogen-bond donors (Lipinski definition) is 2. The summed E-state index contributed by atoms with van der Waals surface area (Å²) in [6.45, 7) is 4.93. The van der Waals surface area contributed by atoms with Crippen LogP contribution < -0.4 is 10.6 Å². The van der Waals surface area contributed by atoms with Crippen LogP contribution in [0.1, 0.15) is 30.3 Å². The molecule has 0 radical (unpaired) electrons. The lowest BCUT2D eigenvalue weighted by Gasteiger charge is -2.34. The van der Waals surface area contributed by atoms with Crippen LogP contribution in [0.5, 0.6) is 0 Å². The van der Waals surface area contributed by atoms with Gasteiger partial charge in [0.2, 0.25) is 0 Å². The van der Waals surface area contributed by atoms with Crippen molar-refractivity contribution in [3.63, 3.8) is 0 Å². The molecule has 0 saturated carbocycles. The number of rotatable bonds is 3. The first-order chi connectivity index (χ1) is 7.70. The second kappa shape index (κ2) is 6.28. The third-order valence-electron chi connectivity index (χ3n) is 2.95. The first kappa shape index (κ1) is 14.3. The molecule has 1 unspecified atom stereocenters. The smallest absolute Gasteiger partial charge is 0.272 e. The van der Waals surface area contributed by atoms with Crippen molar-refractivity contribution in [1.82, 2.24) is 20.2 Å². The molecule has 17 heavy (non-hydrogen) atoms. The Hall–Kier alpha value is -0.720. The lowest BCUT2D eigenvalue weighted by Crippen LogP contribution is -2.45. The maximum Gasteiger partial charge on any atom is 0.272 e. The molecule has 0 bridgehead atoms. The zero-order chi connectivity index (χ0) is 11.4. The summed E-state index contributed by atoms with van der Waals surface area (Å²) < 4.78 is 3.67. The monoisotopic (exact) mass is 276 g/mol. The van der Waals surface area contributed by atoms with Crippen LogP contribution in [0.15, 0.2) is 5.38 Å². The molecule has 2 rings (SSSR count). The van der Waals surface area contributed by atoms with Crippen molar-refractivity contribution in [1.29, 1.82) is 0 Å². The topological polar surface area (TPSA) is 66.9 Å². The normalized spacial score (nSPS) is 23.8. The molecule has 2 heterocycles. The lowest BCUT2D eigenvalue weighted by atomic mass is 9.83. The van der Waals surface area contributed by atoms with Crippen molar-refractivity contribution in [2.45, 2.75) is 19.8 Å². The van der Waals surface area contributed by atoms with Gasteiger partial charge in [0.25, 0.3) is 5.91 Å². The number of aromatic nitrogens is 2. The van der Waals surface area contributed by atoms with Gasteiger partial charge >= 0.3 is 0 Å². The van der Waals surface area contributed by atoms with Gasteiger partial charge in [-0.15, -0.1) is 17.5 Å². The van der Waals surface area contributed by atoms with Gasteiger partial charge in [0.15, 0.2) is 5.69 Å². The zero-order valence-electron chi connectivity index (χ0n) is 9.73. The standard InChI is InChI=1S/C10H16N4OS.ClH/c1-10(3-2-4-11-6-10)7-12-9(15)8-5-16-14-13-8;/h5,11H,2-4,6-7H2,1H3,(H,12,15);1H. The minimum Gasteiger partial charge on any atom is -0.350 e. The summed E-state index contributed by atoms with van der Waals surface area (Å²) >= 11 is 1.19. The summed E-state index contributed by atoms with van der Waals surface area (Å²) in [6.07, 6.45) is 2.32. The molecule has 0 spiro atoms. The minimum absolute atomic E-state index is 0. The van der Waals surface area contributed by atoms with Crippen LogP contribution in [0.4, 0.5) is 0 Å². The van der Waals surface area contributed by atoms with E-state index in [4.69, 9.17) is 0 Å². The van der Waals surface area contributed by atoms with Crippen LogP contribution in [-0.4, -0.2) is 35.1 Å². The second-order valence-electron chi connectivity index (χ2n) is 4.56. The van der Waals surface area contributed by atoms with E-state index in [9.17, 15) is 4.79 Å². The number of carbonyl (C=O) groups is 1. The highest BCUT2D eigenvalue weighted by atomic mass is 35.5.